The molecule has 0 aliphatic rings. The predicted octanol–water partition coefficient (Wildman–Crippen LogP) is 1.40. The van der Waals surface area contributed by atoms with Gasteiger partial charge in [-0.1, -0.05) is 0 Å². The van der Waals surface area contributed by atoms with Gasteiger partial charge in [0.25, 0.3) is 5.91 Å². The van der Waals surface area contributed by atoms with Crippen molar-refractivity contribution in [2.24, 2.45) is 0 Å². The van der Waals surface area contributed by atoms with Crippen LogP contribution in [0.25, 0.3) is 0 Å². The van der Waals surface area contributed by atoms with Gasteiger partial charge in [-0.25, -0.2) is 9.37 Å². The minimum Gasteiger partial charge on any atom is -0.372 e. The molecule has 0 saturated carbocycles. The Labute approximate surface area is 87.9 Å². The fourth-order valence-electron chi connectivity index (χ4n) is 1.15. The lowest BCUT2D eigenvalue weighted by Gasteiger charge is -2.11. The molecule has 15 heavy (non-hydrogen) atoms. The van der Waals surface area contributed by atoms with Crippen LogP contribution in [0.1, 0.15) is 24.2 Å². The Balaban J connectivity index is 3.00. The van der Waals surface area contributed by atoms with E-state index in [4.69, 9.17) is 0 Å². The fourth-order valence-corrected chi connectivity index (χ4v) is 1.15. The summed E-state index contributed by atoms with van der Waals surface area (Å²) in [5.41, 5.74) is 0.214. The van der Waals surface area contributed by atoms with Crippen molar-refractivity contribution in [3.8, 4) is 0 Å². The maximum Gasteiger partial charge on any atom is 0.255 e. The first-order valence-corrected chi connectivity index (χ1v) is 4.68. The van der Waals surface area contributed by atoms with Crippen LogP contribution in [0.2, 0.25) is 0 Å². The highest BCUT2D eigenvalue weighted by Crippen LogP contribution is 2.12. The van der Waals surface area contributed by atoms with Crippen molar-refractivity contribution in [2.45, 2.75) is 19.9 Å². The van der Waals surface area contributed by atoms with Crippen LogP contribution in [-0.4, -0.2) is 24.0 Å². The highest BCUT2D eigenvalue weighted by Gasteiger charge is 2.13. The highest BCUT2D eigenvalue weighted by atomic mass is 19.1. The number of anilines is 1. The van der Waals surface area contributed by atoms with Gasteiger partial charge in [0.15, 0.2) is 0 Å². The first-order valence-electron chi connectivity index (χ1n) is 4.68. The van der Waals surface area contributed by atoms with Crippen LogP contribution in [0.15, 0.2) is 12.3 Å². The van der Waals surface area contributed by atoms with Crippen molar-refractivity contribution in [3.05, 3.63) is 23.6 Å². The molecule has 1 amide bonds. The second-order valence-electron chi connectivity index (χ2n) is 3.43. The summed E-state index contributed by atoms with van der Waals surface area (Å²) >= 11 is 0. The fraction of sp³-hybridized carbons (Fsp3) is 0.400. The maximum absolute atomic E-state index is 12.9. The van der Waals surface area contributed by atoms with Crippen LogP contribution in [0.5, 0.6) is 0 Å². The summed E-state index contributed by atoms with van der Waals surface area (Å²) in [6.45, 7) is 3.67. The van der Waals surface area contributed by atoms with Gasteiger partial charge in [-0.2, -0.15) is 0 Å². The molecule has 4 nitrogen and oxygen atoms in total. The van der Waals surface area contributed by atoms with Crippen LogP contribution in [0, 0.1) is 5.82 Å². The van der Waals surface area contributed by atoms with E-state index in [2.05, 4.69) is 15.6 Å². The van der Waals surface area contributed by atoms with E-state index >= 15 is 0 Å². The maximum atomic E-state index is 12.9. The quantitative estimate of drug-likeness (QED) is 0.794. The third kappa shape index (κ3) is 2.90. The zero-order valence-electron chi connectivity index (χ0n) is 8.97. The van der Waals surface area contributed by atoms with Crippen molar-refractivity contribution >= 4 is 11.7 Å². The molecule has 1 aromatic heterocycles. The summed E-state index contributed by atoms with van der Waals surface area (Å²) < 4.78 is 12.9. The number of aromatic nitrogens is 1. The number of hydrogen-bond acceptors (Lipinski definition) is 3. The van der Waals surface area contributed by atoms with Crippen LogP contribution in [-0.2, 0) is 0 Å². The van der Waals surface area contributed by atoms with E-state index in [1.54, 1.807) is 7.05 Å². The Bertz CT molecular complexity index is 366. The second kappa shape index (κ2) is 4.72. The lowest BCUT2D eigenvalue weighted by molar-refractivity contribution is 0.0943. The van der Waals surface area contributed by atoms with E-state index in [0.29, 0.717) is 5.82 Å². The number of nitrogens with one attached hydrogen (secondary N) is 2. The minimum atomic E-state index is -0.525. The van der Waals surface area contributed by atoms with Gasteiger partial charge in [0.2, 0.25) is 0 Å². The Kier molecular flexibility index (Phi) is 3.60. The number of hydrogen-bond donors (Lipinski definition) is 2. The van der Waals surface area contributed by atoms with Crippen molar-refractivity contribution in [1.29, 1.82) is 0 Å². The molecule has 0 bridgehead atoms. The zero-order valence-corrected chi connectivity index (χ0v) is 8.97. The van der Waals surface area contributed by atoms with Crippen molar-refractivity contribution in [3.63, 3.8) is 0 Å². The number of carbonyl (C=O) groups is 1. The average Bonchev–Trinajstić information content (AvgIpc) is 2.16. The molecule has 0 radical (unpaired) electrons. The average molecular weight is 211 g/mol. The predicted molar refractivity (Wildman–Crippen MR) is 56.3 cm³/mol. The SMILES string of the molecule is CNc1ncc(F)cc1C(=O)NC(C)C. The second-order valence-corrected chi connectivity index (χ2v) is 3.43. The van der Waals surface area contributed by atoms with Crippen LogP contribution < -0.4 is 10.6 Å². The summed E-state index contributed by atoms with van der Waals surface area (Å²) in [5, 5.41) is 5.41. The molecular weight excluding hydrogens is 197 g/mol. The van der Waals surface area contributed by atoms with Crippen LogP contribution in [0.3, 0.4) is 0 Å². The summed E-state index contributed by atoms with van der Waals surface area (Å²) in [7, 11) is 1.63. The molecule has 0 atom stereocenters. The molecule has 2 N–H and O–H groups in total. The van der Waals surface area contributed by atoms with Gasteiger partial charge in [0.05, 0.1) is 11.8 Å². The number of carbonyl (C=O) groups excluding carboxylic acids is 1. The van der Waals surface area contributed by atoms with Gasteiger partial charge in [-0.3, -0.25) is 4.79 Å². The van der Waals surface area contributed by atoms with Gasteiger partial charge in [-0.15, -0.1) is 0 Å². The summed E-state index contributed by atoms with van der Waals surface area (Å²) in [6.07, 6.45) is 1.07. The molecule has 0 aliphatic carbocycles. The molecule has 0 unspecified atom stereocenters. The molecule has 5 heteroatoms. The van der Waals surface area contributed by atoms with Gasteiger partial charge in [-0.05, 0) is 19.9 Å². The smallest absolute Gasteiger partial charge is 0.255 e. The molecule has 82 valence electrons. The first kappa shape index (κ1) is 11.4. The minimum absolute atomic E-state index is 0.00507. The van der Waals surface area contributed by atoms with Gasteiger partial charge in [0.1, 0.15) is 11.6 Å². The third-order valence-corrected chi connectivity index (χ3v) is 1.76. The Hall–Kier alpha value is -1.65. The lowest BCUT2D eigenvalue weighted by atomic mass is 10.2. The molecule has 0 aromatic carbocycles. The van der Waals surface area contributed by atoms with E-state index in [0.717, 1.165) is 12.3 Å². The third-order valence-electron chi connectivity index (χ3n) is 1.76. The molecule has 0 fully saturated rings. The summed E-state index contributed by atoms with van der Waals surface area (Å²) in [6, 6.07) is 1.17. The molecule has 0 saturated heterocycles. The lowest BCUT2D eigenvalue weighted by Crippen LogP contribution is -2.30. The van der Waals surface area contributed by atoms with E-state index in [1.807, 2.05) is 13.8 Å². The normalized spacial score (nSPS) is 10.2. The Morgan fingerprint density at radius 3 is 2.73 bits per heavy atom. The molecule has 0 aliphatic heterocycles. The Morgan fingerprint density at radius 1 is 1.53 bits per heavy atom. The van der Waals surface area contributed by atoms with Crippen molar-refractivity contribution in [1.82, 2.24) is 10.3 Å². The topological polar surface area (TPSA) is 54.0 Å². The van der Waals surface area contributed by atoms with E-state index in [-0.39, 0.29) is 17.5 Å². The molecule has 0 spiro atoms. The monoisotopic (exact) mass is 211 g/mol. The standard InChI is InChI=1S/C10H14FN3O/c1-6(2)14-10(15)8-4-7(11)5-13-9(8)12-3/h4-6H,1-3H3,(H,12,13)(H,14,15). The number of rotatable bonds is 3. The van der Waals surface area contributed by atoms with E-state index in [1.165, 1.54) is 0 Å². The molecular formula is C10H14FN3O. The van der Waals surface area contributed by atoms with Gasteiger partial charge in [0, 0.05) is 13.1 Å². The molecule has 1 rings (SSSR count). The largest absolute Gasteiger partial charge is 0.372 e. The number of amides is 1. The zero-order chi connectivity index (χ0) is 11.4. The van der Waals surface area contributed by atoms with Gasteiger partial charge < -0.3 is 10.6 Å². The number of pyridine rings is 1. The van der Waals surface area contributed by atoms with Gasteiger partial charge >= 0.3 is 0 Å². The van der Waals surface area contributed by atoms with Crippen molar-refractivity contribution in [2.75, 3.05) is 12.4 Å². The van der Waals surface area contributed by atoms with Crippen LogP contribution >= 0.6 is 0 Å². The highest BCUT2D eigenvalue weighted by molar-refractivity contribution is 5.98. The van der Waals surface area contributed by atoms with Crippen molar-refractivity contribution < 1.29 is 9.18 Å². The number of nitrogens with zero attached hydrogens (tertiary/aromatic N) is 1. The molecule has 1 aromatic rings. The van der Waals surface area contributed by atoms with E-state index in [9.17, 15) is 9.18 Å². The molecule has 1 heterocycles. The summed E-state index contributed by atoms with van der Waals surface area (Å²) in [4.78, 5) is 15.4. The van der Waals surface area contributed by atoms with E-state index < -0.39 is 5.82 Å². The number of halogens is 1. The first-order chi connectivity index (χ1) is 7.04. The summed E-state index contributed by atoms with van der Waals surface area (Å²) in [5.74, 6) is -0.487. The Morgan fingerprint density at radius 2 is 2.20 bits per heavy atom. The van der Waals surface area contributed by atoms with Crippen LogP contribution in [0.4, 0.5) is 10.2 Å².